The third-order valence-electron chi connectivity index (χ3n) is 3.86. The van der Waals surface area contributed by atoms with Crippen molar-refractivity contribution in [1.82, 2.24) is 25.4 Å². The molecule has 1 aliphatic rings. The largest absolute Gasteiger partial charge is 0.480 e. The summed E-state index contributed by atoms with van der Waals surface area (Å²) < 4.78 is 0. The summed E-state index contributed by atoms with van der Waals surface area (Å²) in [6.45, 7) is 0.253. The molecule has 1 fully saturated rings. The molecule has 0 radical (unpaired) electrons. The molecule has 1 aliphatic carbocycles. The highest BCUT2D eigenvalue weighted by atomic mass is 16.4. The molecule has 1 aromatic rings. The number of carboxylic acid groups (broad SMARTS) is 1. The molecule has 0 bridgehead atoms. The Hall–Kier alpha value is -2.12. The summed E-state index contributed by atoms with van der Waals surface area (Å²) in [5.41, 5.74) is 0. The summed E-state index contributed by atoms with van der Waals surface area (Å²) in [6, 6.07) is -1.24. The average Bonchev–Trinajstić information content (AvgIpc) is 2.98. The average molecular weight is 295 g/mol. The standard InChI is InChI=1S/C13H21N5O3/c1-18(7-10-14-8-15-17-10)13(21)16-11(12(19)20)9-5-3-2-4-6-9/h8-9,11H,2-7H2,1H3,(H,16,21)(H,19,20)(H,14,15,17). The Balaban J connectivity index is 1.92. The number of aliphatic carboxylic acids is 1. The molecule has 0 aliphatic heterocycles. The van der Waals surface area contributed by atoms with Gasteiger partial charge >= 0.3 is 12.0 Å². The maximum absolute atomic E-state index is 12.1. The molecule has 1 saturated carbocycles. The van der Waals surface area contributed by atoms with Gasteiger partial charge in [-0.3, -0.25) is 5.10 Å². The summed E-state index contributed by atoms with van der Waals surface area (Å²) in [5, 5.41) is 18.3. The zero-order valence-corrected chi connectivity index (χ0v) is 12.1. The number of hydrogen-bond acceptors (Lipinski definition) is 4. The number of aromatic amines is 1. The Morgan fingerprint density at radius 3 is 2.76 bits per heavy atom. The van der Waals surface area contributed by atoms with E-state index >= 15 is 0 Å². The fourth-order valence-electron chi connectivity index (χ4n) is 2.70. The lowest BCUT2D eigenvalue weighted by atomic mass is 9.84. The maximum atomic E-state index is 12.1. The monoisotopic (exact) mass is 295 g/mol. The maximum Gasteiger partial charge on any atom is 0.326 e. The van der Waals surface area contributed by atoms with Crippen molar-refractivity contribution in [2.45, 2.75) is 44.7 Å². The minimum atomic E-state index is -0.969. The molecule has 1 unspecified atom stereocenters. The molecule has 8 nitrogen and oxygen atoms in total. The number of nitrogens with one attached hydrogen (secondary N) is 2. The number of rotatable bonds is 5. The van der Waals surface area contributed by atoms with Gasteiger partial charge in [0, 0.05) is 7.05 Å². The minimum absolute atomic E-state index is 0.0129. The smallest absolute Gasteiger partial charge is 0.326 e. The topological polar surface area (TPSA) is 111 Å². The van der Waals surface area contributed by atoms with E-state index in [1.165, 1.54) is 11.2 Å². The molecule has 1 atom stereocenters. The van der Waals surface area contributed by atoms with Gasteiger partial charge < -0.3 is 15.3 Å². The van der Waals surface area contributed by atoms with E-state index in [4.69, 9.17) is 0 Å². The van der Waals surface area contributed by atoms with Crippen molar-refractivity contribution in [2.24, 2.45) is 5.92 Å². The van der Waals surface area contributed by atoms with Crippen LogP contribution >= 0.6 is 0 Å². The van der Waals surface area contributed by atoms with Crippen LogP contribution in [0.25, 0.3) is 0 Å². The Morgan fingerprint density at radius 2 is 2.19 bits per heavy atom. The lowest BCUT2D eigenvalue weighted by Crippen LogP contribution is -2.50. The van der Waals surface area contributed by atoms with Crippen molar-refractivity contribution < 1.29 is 14.7 Å². The molecule has 1 aromatic heterocycles. The second kappa shape index (κ2) is 7.05. The van der Waals surface area contributed by atoms with Crippen LogP contribution in [0, 0.1) is 5.92 Å². The molecule has 0 saturated heterocycles. The van der Waals surface area contributed by atoms with E-state index in [9.17, 15) is 14.7 Å². The van der Waals surface area contributed by atoms with Gasteiger partial charge in [0.15, 0.2) is 0 Å². The van der Waals surface area contributed by atoms with E-state index in [1.54, 1.807) is 7.05 Å². The molecule has 2 rings (SSSR count). The van der Waals surface area contributed by atoms with Crippen LogP contribution in [-0.2, 0) is 11.3 Å². The van der Waals surface area contributed by atoms with Crippen LogP contribution in [0.3, 0.4) is 0 Å². The van der Waals surface area contributed by atoms with Crippen molar-refractivity contribution in [2.75, 3.05) is 7.05 Å². The number of carboxylic acids is 1. The van der Waals surface area contributed by atoms with Gasteiger partial charge in [-0.25, -0.2) is 14.6 Å². The number of aromatic nitrogens is 3. The zero-order chi connectivity index (χ0) is 15.2. The zero-order valence-electron chi connectivity index (χ0n) is 12.1. The molecule has 116 valence electrons. The van der Waals surface area contributed by atoms with E-state index in [0.29, 0.717) is 5.82 Å². The van der Waals surface area contributed by atoms with Crippen LogP contribution in [0.15, 0.2) is 6.33 Å². The lowest BCUT2D eigenvalue weighted by molar-refractivity contribution is -0.141. The highest BCUT2D eigenvalue weighted by molar-refractivity contribution is 5.82. The Labute approximate surface area is 122 Å². The second-order valence-electron chi connectivity index (χ2n) is 5.45. The Bertz CT molecular complexity index is 470. The molecule has 3 N–H and O–H groups in total. The van der Waals surface area contributed by atoms with Crippen LogP contribution in [0.5, 0.6) is 0 Å². The first-order valence-electron chi connectivity index (χ1n) is 7.16. The first kappa shape index (κ1) is 15.3. The fraction of sp³-hybridized carbons (Fsp3) is 0.692. The molecule has 21 heavy (non-hydrogen) atoms. The summed E-state index contributed by atoms with van der Waals surface area (Å²) in [7, 11) is 1.59. The second-order valence-corrected chi connectivity index (χ2v) is 5.45. The van der Waals surface area contributed by atoms with Crippen LogP contribution in [0.1, 0.15) is 37.9 Å². The van der Waals surface area contributed by atoms with Crippen LogP contribution < -0.4 is 5.32 Å². The van der Waals surface area contributed by atoms with Gasteiger partial charge in [-0.15, -0.1) is 0 Å². The van der Waals surface area contributed by atoms with Crippen molar-refractivity contribution in [1.29, 1.82) is 0 Å². The highest BCUT2D eigenvalue weighted by Crippen LogP contribution is 2.26. The number of urea groups is 1. The van der Waals surface area contributed by atoms with Gasteiger partial charge in [-0.05, 0) is 18.8 Å². The quantitative estimate of drug-likeness (QED) is 0.749. The SMILES string of the molecule is CN(Cc1ncn[nH]1)C(=O)NC(C(=O)O)C1CCCCC1. The molecular formula is C13H21N5O3. The minimum Gasteiger partial charge on any atom is -0.480 e. The molecule has 0 spiro atoms. The summed E-state index contributed by atoms with van der Waals surface area (Å²) >= 11 is 0. The van der Waals surface area contributed by atoms with E-state index in [-0.39, 0.29) is 12.5 Å². The summed E-state index contributed by atoms with van der Waals surface area (Å²) in [4.78, 5) is 28.9. The number of H-pyrrole nitrogens is 1. The van der Waals surface area contributed by atoms with Gasteiger partial charge in [0.05, 0.1) is 6.54 Å². The van der Waals surface area contributed by atoms with Crippen molar-refractivity contribution >= 4 is 12.0 Å². The number of hydrogen-bond donors (Lipinski definition) is 3. The molecular weight excluding hydrogens is 274 g/mol. The van der Waals surface area contributed by atoms with Gasteiger partial charge in [-0.1, -0.05) is 19.3 Å². The van der Waals surface area contributed by atoms with Gasteiger partial charge in [0.2, 0.25) is 0 Å². The molecule has 1 heterocycles. The predicted molar refractivity (Wildman–Crippen MR) is 74.4 cm³/mol. The van der Waals surface area contributed by atoms with Gasteiger partial charge in [0.1, 0.15) is 18.2 Å². The third-order valence-corrected chi connectivity index (χ3v) is 3.86. The van der Waals surface area contributed by atoms with Crippen LogP contribution in [0.4, 0.5) is 4.79 Å². The first-order chi connectivity index (χ1) is 10.1. The van der Waals surface area contributed by atoms with Crippen LogP contribution in [0.2, 0.25) is 0 Å². The number of nitrogens with zero attached hydrogens (tertiary/aromatic N) is 3. The van der Waals surface area contributed by atoms with Crippen LogP contribution in [-0.4, -0.2) is 50.3 Å². The van der Waals surface area contributed by atoms with E-state index in [0.717, 1.165) is 32.1 Å². The molecule has 8 heteroatoms. The van der Waals surface area contributed by atoms with Crippen molar-refractivity contribution in [3.63, 3.8) is 0 Å². The van der Waals surface area contributed by atoms with E-state index in [2.05, 4.69) is 20.5 Å². The van der Waals surface area contributed by atoms with Gasteiger partial charge in [0.25, 0.3) is 0 Å². The molecule has 2 amide bonds. The molecule has 0 aromatic carbocycles. The Morgan fingerprint density at radius 1 is 1.48 bits per heavy atom. The number of amides is 2. The van der Waals surface area contributed by atoms with E-state index < -0.39 is 18.0 Å². The van der Waals surface area contributed by atoms with Crippen molar-refractivity contribution in [3.05, 3.63) is 12.2 Å². The van der Waals surface area contributed by atoms with Crippen molar-refractivity contribution in [3.8, 4) is 0 Å². The lowest BCUT2D eigenvalue weighted by Gasteiger charge is -2.29. The third kappa shape index (κ3) is 4.17. The predicted octanol–water partition coefficient (Wildman–Crippen LogP) is 0.980. The normalized spacial score (nSPS) is 17.2. The number of carbonyl (C=O) groups is 2. The number of carbonyl (C=O) groups excluding carboxylic acids is 1. The van der Waals surface area contributed by atoms with E-state index in [1.807, 2.05) is 0 Å². The highest BCUT2D eigenvalue weighted by Gasteiger charge is 2.31. The summed E-state index contributed by atoms with van der Waals surface area (Å²) in [6.07, 6.45) is 6.26. The first-order valence-corrected chi connectivity index (χ1v) is 7.16. The summed E-state index contributed by atoms with van der Waals surface area (Å²) in [5.74, 6) is -0.403. The Kier molecular flexibility index (Phi) is 5.13. The van der Waals surface area contributed by atoms with Gasteiger partial charge in [-0.2, -0.15) is 5.10 Å². The fourth-order valence-corrected chi connectivity index (χ4v) is 2.70.